The molecule has 2 rings (SSSR count). The molecule has 2 aromatic heterocycles. The zero-order valence-corrected chi connectivity index (χ0v) is 8.97. The van der Waals surface area contributed by atoms with Crippen molar-refractivity contribution in [3.8, 4) is 0 Å². The van der Waals surface area contributed by atoms with E-state index in [0.717, 1.165) is 23.6 Å². The van der Waals surface area contributed by atoms with E-state index in [0.29, 0.717) is 0 Å². The summed E-state index contributed by atoms with van der Waals surface area (Å²) in [5, 5.41) is 4.25. The number of hydrogen-bond donors (Lipinski definition) is 1. The Hall–Kier alpha value is -1.71. The maximum Gasteiger partial charge on any atom is 0.124 e. The summed E-state index contributed by atoms with van der Waals surface area (Å²) in [7, 11) is 0. The number of aromatic nitrogens is 2. The van der Waals surface area contributed by atoms with Crippen LogP contribution in [0.5, 0.6) is 0 Å². The second-order valence-electron chi connectivity index (χ2n) is 3.79. The van der Waals surface area contributed by atoms with Gasteiger partial charge in [-0.05, 0) is 26.0 Å². The largest absolute Gasteiger partial charge is 0.469 e. The lowest BCUT2D eigenvalue weighted by Crippen LogP contribution is -2.12. The minimum Gasteiger partial charge on any atom is -0.469 e. The molecule has 1 atom stereocenters. The molecule has 4 heteroatoms. The first-order valence-corrected chi connectivity index (χ1v) is 5.00. The van der Waals surface area contributed by atoms with Gasteiger partial charge in [-0.25, -0.2) is 4.68 Å². The van der Waals surface area contributed by atoms with Crippen molar-refractivity contribution >= 4 is 5.82 Å². The fourth-order valence-electron chi connectivity index (χ4n) is 1.62. The second-order valence-corrected chi connectivity index (χ2v) is 3.79. The molecule has 0 spiro atoms. The lowest BCUT2D eigenvalue weighted by molar-refractivity contribution is 0.429. The van der Waals surface area contributed by atoms with Crippen LogP contribution in [-0.2, 0) is 6.42 Å². The van der Waals surface area contributed by atoms with Crippen LogP contribution in [0.4, 0.5) is 5.82 Å². The molecule has 2 N–H and O–H groups in total. The normalized spacial score (nSPS) is 12.9. The Morgan fingerprint density at radius 1 is 1.60 bits per heavy atom. The van der Waals surface area contributed by atoms with Crippen LogP contribution in [0.1, 0.15) is 24.3 Å². The summed E-state index contributed by atoms with van der Waals surface area (Å²) in [6, 6.07) is 4.06. The second kappa shape index (κ2) is 3.81. The molecule has 0 aliphatic rings. The van der Waals surface area contributed by atoms with Crippen molar-refractivity contribution in [2.24, 2.45) is 0 Å². The maximum absolute atomic E-state index is 5.90. The highest BCUT2D eigenvalue weighted by Crippen LogP contribution is 2.19. The van der Waals surface area contributed by atoms with Crippen molar-refractivity contribution in [1.29, 1.82) is 0 Å². The van der Waals surface area contributed by atoms with Crippen molar-refractivity contribution in [3.63, 3.8) is 0 Å². The molecule has 2 heterocycles. The topological polar surface area (TPSA) is 57.0 Å². The highest BCUT2D eigenvalue weighted by Gasteiger charge is 2.12. The van der Waals surface area contributed by atoms with E-state index in [9.17, 15) is 0 Å². The monoisotopic (exact) mass is 205 g/mol. The predicted molar refractivity (Wildman–Crippen MR) is 58.5 cm³/mol. The third-order valence-electron chi connectivity index (χ3n) is 2.52. The van der Waals surface area contributed by atoms with Crippen molar-refractivity contribution in [3.05, 3.63) is 35.9 Å². The number of furan rings is 1. The fourth-order valence-corrected chi connectivity index (χ4v) is 1.62. The molecule has 4 nitrogen and oxygen atoms in total. The van der Waals surface area contributed by atoms with Crippen LogP contribution in [0.25, 0.3) is 0 Å². The van der Waals surface area contributed by atoms with Gasteiger partial charge >= 0.3 is 0 Å². The lowest BCUT2D eigenvalue weighted by atomic mass is 10.2. The van der Waals surface area contributed by atoms with Crippen LogP contribution >= 0.6 is 0 Å². The molecule has 15 heavy (non-hydrogen) atoms. The molecule has 1 unspecified atom stereocenters. The Labute approximate surface area is 88.7 Å². The quantitative estimate of drug-likeness (QED) is 0.835. The maximum atomic E-state index is 5.90. The van der Waals surface area contributed by atoms with E-state index in [4.69, 9.17) is 10.2 Å². The zero-order valence-electron chi connectivity index (χ0n) is 8.97. The number of anilines is 1. The molecule has 0 fully saturated rings. The fraction of sp³-hybridized carbons (Fsp3) is 0.364. The Morgan fingerprint density at radius 2 is 2.40 bits per heavy atom. The average Bonchev–Trinajstić information content (AvgIpc) is 2.79. The van der Waals surface area contributed by atoms with Gasteiger partial charge in [-0.1, -0.05) is 0 Å². The van der Waals surface area contributed by atoms with Crippen LogP contribution in [0.3, 0.4) is 0 Å². The molecule has 0 saturated heterocycles. The van der Waals surface area contributed by atoms with Crippen molar-refractivity contribution in [2.75, 3.05) is 5.73 Å². The summed E-state index contributed by atoms with van der Waals surface area (Å²) >= 11 is 0. The van der Waals surface area contributed by atoms with Gasteiger partial charge < -0.3 is 10.2 Å². The van der Waals surface area contributed by atoms with Crippen LogP contribution in [0.15, 0.2) is 29.0 Å². The van der Waals surface area contributed by atoms with Crippen LogP contribution < -0.4 is 5.73 Å². The van der Waals surface area contributed by atoms with Crippen LogP contribution in [0.2, 0.25) is 0 Å². The van der Waals surface area contributed by atoms with Gasteiger partial charge in [-0.2, -0.15) is 5.10 Å². The smallest absolute Gasteiger partial charge is 0.124 e. The lowest BCUT2D eigenvalue weighted by Gasteiger charge is -2.12. The number of nitrogen functional groups attached to an aromatic ring is 1. The van der Waals surface area contributed by atoms with Gasteiger partial charge in [0.25, 0.3) is 0 Å². The van der Waals surface area contributed by atoms with Crippen molar-refractivity contribution < 1.29 is 4.42 Å². The molecular formula is C11H15N3O. The first-order chi connectivity index (χ1) is 7.18. The Bertz CT molecular complexity index is 431. The summed E-state index contributed by atoms with van der Waals surface area (Å²) in [5.41, 5.74) is 6.92. The summed E-state index contributed by atoms with van der Waals surface area (Å²) < 4.78 is 7.12. The molecule has 0 aliphatic carbocycles. The first-order valence-electron chi connectivity index (χ1n) is 5.00. The molecule has 0 radical (unpaired) electrons. The van der Waals surface area contributed by atoms with Gasteiger partial charge in [-0.15, -0.1) is 0 Å². The van der Waals surface area contributed by atoms with Gasteiger partial charge in [0.05, 0.1) is 18.5 Å². The molecule has 0 bridgehead atoms. The minimum absolute atomic E-state index is 0.213. The number of rotatable bonds is 3. The van der Waals surface area contributed by atoms with Gasteiger partial charge in [0.1, 0.15) is 11.6 Å². The van der Waals surface area contributed by atoms with E-state index in [-0.39, 0.29) is 6.04 Å². The Kier molecular flexibility index (Phi) is 2.49. The van der Waals surface area contributed by atoms with Gasteiger partial charge in [-0.3, -0.25) is 0 Å². The van der Waals surface area contributed by atoms with E-state index in [1.54, 1.807) is 12.5 Å². The summed E-state index contributed by atoms with van der Waals surface area (Å²) in [4.78, 5) is 0. The highest BCUT2D eigenvalue weighted by molar-refractivity contribution is 5.37. The Balaban J connectivity index is 2.14. The molecular weight excluding hydrogens is 190 g/mol. The van der Waals surface area contributed by atoms with Crippen LogP contribution in [0, 0.1) is 6.92 Å². The highest BCUT2D eigenvalue weighted by atomic mass is 16.3. The third-order valence-corrected chi connectivity index (χ3v) is 2.52. The van der Waals surface area contributed by atoms with Gasteiger partial charge in [0, 0.05) is 12.0 Å². The number of nitrogens with zero attached hydrogens (tertiary/aromatic N) is 2. The van der Waals surface area contributed by atoms with Crippen molar-refractivity contribution in [2.45, 2.75) is 26.3 Å². The minimum atomic E-state index is 0.213. The van der Waals surface area contributed by atoms with Crippen LogP contribution in [-0.4, -0.2) is 9.78 Å². The van der Waals surface area contributed by atoms with Crippen molar-refractivity contribution in [1.82, 2.24) is 9.78 Å². The molecule has 80 valence electrons. The molecule has 0 aromatic carbocycles. The standard InChI is InChI=1S/C11H15N3O/c1-8-7-13-14(11(8)12)9(2)6-10-4-3-5-15-10/h3-5,7,9H,6,12H2,1-2H3. The molecule has 0 amide bonds. The van der Waals surface area contributed by atoms with E-state index < -0.39 is 0 Å². The summed E-state index contributed by atoms with van der Waals surface area (Å²) in [6.45, 7) is 4.03. The average molecular weight is 205 g/mol. The zero-order chi connectivity index (χ0) is 10.8. The molecule has 0 saturated carbocycles. The van der Waals surface area contributed by atoms with E-state index in [1.165, 1.54) is 0 Å². The number of hydrogen-bond acceptors (Lipinski definition) is 3. The first kappa shape index (κ1) is 9.83. The Morgan fingerprint density at radius 3 is 2.93 bits per heavy atom. The third kappa shape index (κ3) is 1.88. The van der Waals surface area contributed by atoms with E-state index in [2.05, 4.69) is 12.0 Å². The van der Waals surface area contributed by atoms with Gasteiger partial charge in [0.15, 0.2) is 0 Å². The molecule has 0 aliphatic heterocycles. The predicted octanol–water partition coefficient (Wildman–Crippen LogP) is 2.17. The molecule has 2 aromatic rings. The van der Waals surface area contributed by atoms with Gasteiger partial charge in [0.2, 0.25) is 0 Å². The summed E-state index contributed by atoms with van der Waals surface area (Å²) in [6.07, 6.45) is 4.27. The number of aryl methyl sites for hydroxylation is 1. The number of nitrogens with two attached hydrogens (primary N) is 1. The van der Waals surface area contributed by atoms with E-state index in [1.807, 2.05) is 23.7 Å². The summed E-state index contributed by atoms with van der Waals surface area (Å²) in [5.74, 6) is 1.68. The SMILES string of the molecule is Cc1cnn(C(C)Cc2ccco2)c1N. The van der Waals surface area contributed by atoms with E-state index >= 15 is 0 Å².